The van der Waals surface area contributed by atoms with E-state index in [1.54, 1.807) is 6.07 Å². The minimum absolute atomic E-state index is 0.0630. The molecule has 0 radical (unpaired) electrons. The van der Waals surface area contributed by atoms with E-state index in [0.29, 0.717) is 5.69 Å². The molecule has 0 heterocycles. The summed E-state index contributed by atoms with van der Waals surface area (Å²) in [6.07, 6.45) is -0.205. The van der Waals surface area contributed by atoms with E-state index in [0.717, 1.165) is 11.1 Å². The van der Waals surface area contributed by atoms with Gasteiger partial charge in [-0.1, -0.05) is 18.2 Å². The second-order valence-electron chi connectivity index (χ2n) is 6.46. The number of para-hydroxylation sites is 2. The molecule has 2 aromatic rings. The van der Waals surface area contributed by atoms with Crippen LogP contribution < -0.4 is 20.9 Å². The Morgan fingerprint density at radius 1 is 0.933 bits per heavy atom. The third-order valence-electron chi connectivity index (χ3n) is 4.13. The normalized spacial score (nSPS) is 10.1. The molecule has 2 aromatic carbocycles. The third kappa shape index (κ3) is 6.89. The molecule has 30 heavy (non-hydrogen) atoms. The van der Waals surface area contributed by atoms with Crippen LogP contribution in [0.2, 0.25) is 0 Å². The molecule has 0 atom stereocenters. The van der Waals surface area contributed by atoms with Crippen molar-refractivity contribution in [1.82, 2.24) is 10.9 Å². The fraction of sp³-hybridized carbons (Fsp3) is 0.250. The molecule has 0 aliphatic rings. The molecule has 0 aliphatic heterocycles. The SMILES string of the molecule is Cc1ccc(NC(=O)CCC(=O)NNC(=O)COc2ccccc2[N+](=O)[O-])cc1C. The monoisotopic (exact) mass is 414 g/mol. The molecule has 0 aliphatic carbocycles. The minimum atomic E-state index is -0.707. The van der Waals surface area contributed by atoms with Gasteiger partial charge in [-0.2, -0.15) is 0 Å². The maximum atomic E-state index is 11.9. The molecule has 158 valence electrons. The highest BCUT2D eigenvalue weighted by Gasteiger charge is 2.15. The summed E-state index contributed by atoms with van der Waals surface area (Å²) in [6.45, 7) is 3.37. The van der Waals surface area contributed by atoms with Crippen LogP contribution in [0, 0.1) is 24.0 Å². The van der Waals surface area contributed by atoms with E-state index in [1.807, 2.05) is 26.0 Å². The van der Waals surface area contributed by atoms with Crippen molar-refractivity contribution >= 4 is 29.1 Å². The number of nitro benzene ring substituents is 1. The summed E-state index contributed by atoms with van der Waals surface area (Å²) in [7, 11) is 0. The van der Waals surface area contributed by atoms with Crippen molar-refractivity contribution in [1.29, 1.82) is 0 Å². The average molecular weight is 414 g/mol. The lowest BCUT2D eigenvalue weighted by Crippen LogP contribution is -2.44. The van der Waals surface area contributed by atoms with E-state index >= 15 is 0 Å². The Bertz CT molecular complexity index is 960. The summed E-state index contributed by atoms with van der Waals surface area (Å²) in [6, 6.07) is 11.1. The predicted octanol–water partition coefficient (Wildman–Crippen LogP) is 2.16. The van der Waals surface area contributed by atoms with E-state index in [1.165, 1.54) is 24.3 Å². The zero-order chi connectivity index (χ0) is 22.1. The maximum absolute atomic E-state index is 11.9. The molecule has 0 saturated carbocycles. The van der Waals surface area contributed by atoms with Crippen LogP contribution in [0.1, 0.15) is 24.0 Å². The molecular formula is C20H22N4O6. The molecule has 2 rings (SSSR count). The highest BCUT2D eigenvalue weighted by atomic mass is 16.6. The Kier molecular flexibility index (Phi) is 7.86. The van der Waals surface area contributed by atoms with E-state index in [-0.39, 0.29) is 30.2 Å². The van der Waals surface area contributed by atoms with Crippen LogP contribution in [-0.2, 0) is 14.4 Å². The van der Waals surface area contributed by atoms with Gasteiger partial charge in [0.2, 0.25) is 11.8 Å². The predicted molar refractivity (Wildman–Crippen MR) is 109 cm³/mol. The van der Waals surface area contributed by atoms with Gasteiger partial charge in [0.05, 0.1) is 4.92 Å². The number of amides is 3. The molecule has 0 unspecified atom stereocenters. The van der Waals surface area contributed by atoms with E-state index in [9.17, 15) is 24.5 Å². The van der Waals surface area contributed by atoms with Crippen molar-refractivity contribution in [3.05, 3.63) is 63.7 Å². The smallest absolute Gasteiger partial charge is 0.310 e. The standard InChI is InChI=1S/C20H22N4O6/c1-13-7-8-15(11-14(13)2)21-18(25)9-10-19(26)22-23-20(27)12-30-17-6-4-3-5-16(17)24(28)29/h3-8,11H,9-10,12H2,1-2H3,(H,21,25)(H,22,26)(H,23,27). The minimum Gasteiger partial charge on any atom is -0.477 e. The maximum Gasteiger partial charge on any atom is 0.310 e. The van der Waals surface area contributed by atoms with Crippen molar-refractivity contribution in [2.75, 3.05) is 11.9 Å². The number of carbonyl (C=O) groups is 3. The van der Waals surface area contributed by atoms with Crippen LogP contribution in [0.15, 0.2) is 42.5 Å². The highest BCUT2D eigenvalue weighted by molar-refractivity contribution is 5.93. The Morgan fingerprint density at radius 3 is 2.30 bits per heavy atom. The number of nitrogens with zero attached hydrogens (tertiary/aromatic N) is 1. The molecule has 0 bridgehead atoms. The Morgan fingerprint density at radius 2 is 1.60 bits per heavy atom. The van der Waals surface area contributed by atoms with Gasteiger partial charge in [0.25, 0.3) is 5.91 Å². The van der Waals surface area contributed by atoms with Gasteiger partial charge in [0.1, 0.15) is 0 Å². The topological polar surface area (TPSA) is 140 Å². The first-order chi connectivity index (χ1) is 14.3. The zero-order valence-corrected chi connectivity index (χ0v) is 16.6. The number of hydrazine groups is 1. The van der Waals surface area contributed by atoms with Gasteiger partial charge in [0.15, 0.2) is 12.4 Å². The van der Waals surface area contributed by atoms with Crippen LogP contribution in [0.4, 0.5) is 11.4 Å². The van der Waals surface area contributed by atoms with Crippen LogP contribution in [-0.4, -0.2) is 29.3 Å². The first-order valence-electron chi connectivity index (χ1n) is 9.07. The largest absolute Gasteiger partial charge is 0.477 e. The Labute approximate surface area is 172 Å². The van der Waals surface area contributed by atoms with Gasteiger partial charge >= 0.3 is 5.69 Å². The number of ether oxygens (including phenoxy) is 1. The molecule has 3 N–H and O–H groups in total. The first-order valence-corrected chi connectivity index (χ1v) is 9.07. The van der Waals surface area contributed by atoms with Gasteiger partial charge in [-0.3, -0.25) is 35.3 Å². The van der Waals surface area contributed by atoms with Crippen molar-refractivity contribution < 1.29 is 24.0 Å². The van der Waals surface area contributed by atoms with Gasteiger partial charge in [0, 0.05) is 24.6 Å². The summed E-state index contributed by atoms with van der Waals surface area (Å²) in [5.41, 5.74) is 6.80. The lowest BCUT2D eigenvalue weighted by atomic mass is 10.1. The van der Waals surface area contributed by atoms with Crippen LogP contribution in [0.25, 0.3) is 0 Å². The summed E-state index contributed by atoms with van der Waals surface area (Å²) in [5, 5.41) is 13.6. The second-order valence-corrected chi connectivity index (χ2v) is 6.46. The number of aryl methyl sites for hydroxylation is 2. The van der Waals surface area contributed by atoms with E-state index < -0.39 is 23.3 Å². The number of hydrogen-bond donors (Lipinski definition) is 3. The number of anilines is 1. The van der Waals surface area contributed by atoms with Crippen molar-refractivity contribution in [3.8, 4) is 5.75 Å². The second kappa shape index (κ2) is 10.6. The lowest BCUT2D eigenvalue weighted by Gasteiger charge is -2.10. The van der Waals surface area contributed by atoms with Crippen LogP contribution >= 0.6 is 0 Å². The summed E-state index contributed by atoms with van der Waals surface area (Å²) in [4.78, 5) is 45.7. The summed E-state index contributed by atoms with van der Waals surface area (Å²) < 4.78 is 5.11. The van der Waals surface area contributed by atoms with E-state index in [4.69, 9.17) is 4.74 Å². The van der Waals surface area contributed by atoms with Crippen LogP contribution in [0.3, 0.4) is 0 Å². The summed E-state index contributed by atoms with van der Waals surface area (Å²) >= 11 is 0. The molecule has 3 amide bonds. The molecule has 10 nitrogen and oxygen atoms in total. The Hall–Kier alpha value is -3.95. The first kappa shape index (κ1) is 22.3. The quantitative estimate of drug-likeness (QED) is 0.447. The number of nitro groups is 1. The number of nitrogens with one attached hydrogen (secondary N) is 3. The zero-order valence-electron chi connectivity index (χ0n) is 16.6. The number of benzene rings is 2. The molecule has 0 spiro atoms. The van der Waals surface area contributed by atoms with Gasteiger partial charge in [-0.25, -0.2) is 0 Å². The number of hydrogen-bond acceptors (Lipinski definition) is 6. The molecule has 0 fully saturated rings. The van der Waals surface area contributed by atoms with E-state index in [2.05, 4.69) is 16.2 Å². The van der Waals surface area contributed by atoms with Crippen molar-refractivity contribution in [3.63, 3.8) is 0 Å². The summed E-state index contributed by atoms with van der Waals surface area (Å²) in [5.74, 6) is -1.67. The highest BCUT2D eigenvalue weighted by Crippen LogP contribution is 2.25. The van der Waals surface area contributed by atoms with Gasteiger partial charge in [-0.15, -0.1) is 0 Å². The average Bonchev–Trinajstić information content (AvgIpc) is 2.72. The van der Waals surface area contributed by atoms with Gasteiger partial charge in [-0.05, 0) is 43.2 Å². The molecule has 10 heteroatoms. The molecule has 0 aromatic heterocycles. The molecule has 0 saturated heterocycles. The molecular weight excluding hydrogens is 392 g/mol. The fourth-order valence-corrected chi connectivity index (χ4v) is 2.38. The number of rotatable bonds is 8. The Balaban J connectivity index is 1.70. The lowest BCUT2D eigenvalue weighted by molar-refractivity contribution is -0.385. The number of carbonyl (C=O) groups excluding carboxylic acids is 3. The van der Waals surface area contributed by atoms with Crippen molar-refractivity contribution in [2.45, 2.75) is 26.7 Å². The van der Waals surface area contributed by atoms with Gasteiger partial charge < -0.3 is 10.1 Å². The van der Waals surface area contributed by atoms with Crippen LogP contribution in [0.5, 0.6) is 5.75 Å². The third-order valence-corrected chi connectivity index (χ3v) is 4.13. The van der Waals surface area contributed by atoms with Crippen molar-refractivity contribution in [2.24, 2.45) is 0 Å². The fourth-order valence-electron chi connectivity index (χ4n) is 2.38.